The van der Waals surface area contributed by atoms with Crippen LogP contribution in [-0.2, 0) is 21.4 Å². The minimum atomic E-state index is -3.90. The van der Waals surface area contributed by atoms with E-state index in [-0.39, 0.29) is 29.0 Å². The SMILES string of the molecule is O=C(C1CCCCN1S(=O)(=O)c1ccc(Cl)s1)N(Cc1ccccc1)c1nc2ccc(F)cc2s1. The molecule has 3 heterocycles. The van der Waals surface area contributed by atoms with Crippen molar-refractivity contribution in [1.82, 2.24) is 9.29 Å². The van der Waals surface area contributed by atoms with E-state index in [1.165, 1.54) is 38.7 Å². The maximum Gasteiger partial charge on any atom is 0.253 e. The molecule has 1 saturated heterocycles. The topological polar surface area (TPSA) is 70.6 Å². The number of carbonyl (C=O) groups is 1. The minimum absolute atomic E-state index is 0.118. The molecule has 0 aliphatic carbocycles. The standard InChI is InChI=1S/C24H21ClFN3O3S3/c25-21-11-12-22(34-21)35(31,32)29-13-5-4-8-19(29)23(30)28(15-16-6-2-1-3-7-16)24-27-18-10-9-17(26)14-20(18)33-24/h1-3,6-7,9-12,14,19H,4-5,8,13,15H2. The maximum absolute atomic E-state index is 14.0. The van der Waals surface area contributed by atoms with E-state index in [9.17, 15) is 17.6 Å². The zero-order valence-electron chi connectivity index (χ0n) is 18.4. The summed E-state index contributed by atoms with van der Waals surface area (Å²) in [6.45, 7) is 0.468. The van der Waals surface area contributed by atoms with E-state index in [0.29, 0.717) is 32.5 Å². The Balaban J connectivity index is 1.54. The molecule has 1 unspecified atom stereocenters. The third-order valence-electron chi connectivity index (χ3n) is 5.87. The van der Waals surface area contributed by atoms with Gasteiger partial charge in [0, 0.05) is 6.54 Å². The second-order valence-corrected chi connectivity index (χ2v) is 13.0. The van der Waals surface area contributed by atoms with Crippen molar-refractivity contribution in [1.29, 1.82) is 0 Å². The quantitative estimate of drug-likeness (QED) is 0.299. The third-order valence-corrected chi connectivity index (χ3v) is 10.5. The van der Waals surface area contributed by atoms with Crippen LogP contribution in [0.3, 0.4) is 0 Å². The van der Waals surface area contributed by atoms with E-state index in [2.05, 4.69) is 4.98 Å². The fourth-order valence-corrected chi connectivity index (χ4v) is 8.44. The Morgan fingerprint density at radius 3 is 2.66 bits per heavy atom. The van der Waals surface area contributed by atoms with Crippen molar-refractivity contribution in [2.45, 2.75) is 36.1 Å². The van der Waals surface area contributed by atoms with E-state index in [1.807, 2.05) is 30.3 Å². The fourth-order valence-electron chi connectivity index (χ4n) is 4.18. The second kappa shape index (κ2) is 9.94. The number of carbonyl (C=O) groups excluding carboxylic acids is 1. The summed E-state index contributed by atoms with van der Waals surface area (Å²) in [5.41, 5.74) is 1.46. The van der Waals surface area contributed by atoms with Crippen molar-refractivity contribution in [3.05, 3.63) is 76.4 Å². The molecule has 6 nitrogen and oxygen atoms in total. The number of hydrogen-bond acceptors (Lipinski definition) is 6. The first kappa shape index (κ1) is 24.3. The summed E-state index contributed by atoms with van der Waals surface area (Å²) in [7, 11) is -3.90. The van der Waals surface area contributed by atoms with Crippen LogP contribution in [0.15, 0.2) is 64.9 Å². The summed E-state index contributed by atoms with van der Waals surface area (Å²) in [4.78, 5) is 20.1. The van der Waals surface area contributed by atoms with E-state index in [4.69, 9.17) is 11.6 Å². The van der Waals surface area contributed by atoms with Crippen LogP contribution in [0.5, 0.6) is 0 Å². The number of hydrogen-bond donors (Lipinski definition) is 0. The lowest BCUT2D eigenvalue weighted by Crippen LogP contribution is -2.52. The Hall–Kier alpha value is -2.37. The average molecular weight is 550 g/mol. The van der Waals surface area contributed by atoms with Gasteiger partial charge < -0.3 is 0 Å². The molecule has 182 valence electrons. The van der Waals surface area contributed by atoms with Gasteiger partial charge in [-0.05, 0) is 48.7 Å². The maximum atomic E-state index is 14.0. The van der Waals surface area contributed by atoms with Crippen LogP contribution in [0.4, 0.5) is 9.52 Å². The Labute approximate surface area is 215 Å². The van der Waals surface area contributed by atoms with Gasteiger partial charge in [-0.15, -0.1) is 11.3 Å². The normalized spacial score (nSPS) is 17.0. The lowest BCUT2D eigenvalue weighted by atomic mass is 10.0. The van der Waals surface area contributed by atoms with Gasteiger partial charge in [0.05, 0.1) is 21.1 Å². The monoisotopic (exact) mass is 549 g/mol. The predicted molar refractivity (Wildman–Crippen MR) is 138 cm³/mol. The zero-order valence-corrected chi connectivity index (χ0v) is 21.6. The molecule has 0 spiro atoms. The first-order chi connectivity index (χ1) is 16.8. The number of nitrogens with zero attached hydrogens (tertiary/aromatic N) is 3. The van der Waals surface area contributed by atoms with Crippen molar-refractivity contribution in [2.75, 3.05) is 11.4 Å². The predicted octanol–water partition coefficient (Wildman–Crippen LogP) is 5.93. The highest BCUT2D eigenvalue weighted by molar-refractivity contribution is 7.91. The minimum Gasteiger partial charge on any atom is -0.282 e. The number of rotatable bonds is 6. The van der Waals surface area contributed by atoms with Crippen LogP contribution in [0.1, 0.15) is 24.8 Å². The Morgan fingerprint density at radius 1 is 1.11 bits per heavy atom. The molecule has 11 heteroatoms. The smallest absolute Gasteiger partial charge is 0.253 e. The molecule has 1 aliphatic heterocycles. The summed E-state index contributed by atoms with van der Waals surface area (Å²) in [6, 6.07) is 15.9. The highest BCUT2D eigenvalue weighted by atomic mass is 35.5. The molecule has 0 N–H and O–H groups in total. The molecule has 2 aromatic heterocycles. The molecule has 1 atom stereocenters. The molecule has 1 fully saturated rings. The van der Waals surface area contributed by atoms with Gasteiger partial charge in [0.15, 0.2) is 5.13 Å². The number of piperidine rings is 1. The molecule has 0 saturated carbocycles. The van der Waals surface area contributed by atoms with Crippen molar-refractivity contribution in [2.24, 2.45) is 0 Å². The van der Waals surface area contributed by atoms with Gasteiger partial charge in [-0.1, -0.05) is 59.7 Å². The van der Waals surface area contributed by atoms with Crippen molar-refractivity contribution in [3.63, 3.8) is 0 Å². The highest BCUT2D eigenvalue weighted by Gasteiger charge is 2.41. The van der Waals surface area contributed by atoms with E-state index >= 15 is 0 Å². The number of aromatic nitrogens is 1. The molecule has 5 rings (SSSR count). The Kier molecular flexibility index (Phi) is 6.91. The molecule has 2 aromatic carbocycles. The number of thiophene rings is 1. The van der Waals surface area contributed by atoms with Gasteiger partial charge in [-0.25, -0.2) is 17.8 Å². The van der Waals surface area contributed by atoms with Crippen LogP contribution in [-0.4, -0.2) is 36.2 Å². The molecule has 1 aliphatic rings. The molecule has 0 radical (unpaired) electrons. The fraction of sp³-hybridized carbons (Fsp3) is 0.250. The van der Waals surface area contributed by atoms with Crippen LogP contribution in [0, 0.1) is 5.82 Å². The number of benzene rings is 2. The molecule has 35 heavy (non-hydrogen) atoms. The first-order valence-electron chi connectivity index (χ1n) is 11.0. The number of thiazole rings is 1. The highest BCUT2D eigenvalue weighted by Crippen LogP contribution is 2.35. The summed E-state index contributed by atoms with van der Waals surface area (Å²) in [5.74, 6) is -0.730. The van der Waals surface area contributed by atoms with Crippen molar-refractivity contribution >= 4 is 65.6 Å². The van der Waals surface area contributed by atoms with Gasteiger partial charge in [-0.2, -0.15) is 4.31 Å². The van der Waals surface area contributed by atoms with Crippen LogP contribution < -0.4 is 4.90 Å². The molecule has 4 aromatic rings. The molecular formula is C24H21ClFN3O3S3. The van der Waals surface area contributed by atoms with Crippen LogP contribution >= 0.6 is 34.3 Å². The number of halogens is 2. The van der Waals surface area contributed by atoms with Crippen LogP contribution in [0.2, 0.25) is 4.34 Å². The van der Waals surface area contributed by atoms with Gasteiger partial charge in [-0.3, -0.25) is 9.69 Å². The number of sulfonamides is 1. The number of anilines is 1. The van der Waals surface area contributed by atoms with Gasteiger partial charge >= 0.3 is 0 Å². The lowest BCUT2D eigenvalue weighted by Gasteiger charge is -2.35. The van der Waals surface area contributed by atoms with Gasteiger partial charge in [0.25, 0.3) is 10.0 Å². The van der Waals surface area contributed by atoms with E-state index in [1.54, 1.807) is 12.1 Å². The second-order valence-electron chi connectivity index (χ2n) is 8.20. The molecular weight excluding hydrogens is 529 g/mol. The van der Waals surface area contributed by atoms with Crippen LogP contribution in [0.25, 0.3) is 10.2 Å². The van der Waals surface area contributed by atoms with Crippen molar-refractivity contribution < 1.29 is 17.6 Å². The number of fused-ring (bicyclic) bond motifs is 1. The lowest BCUT2D eigenvalue weighted by molar-refractivity contribution is -0.123. The van der Waals surface area contributed by atoms with Crippen molar-refractivity contribution in [3.8, 4) is 0 Å². The largest absolute Gasteiger partial charge is 0.282 e. The molecule has 1 amide bonds. The van der Waals surface area contributed by atoms with E-state index in [0.717, 1.165) is 23.3 Å². The number of amides is 1. The van der Waals surface area contributed by atoms with E-state index < -0.39 is 16.1 Å². The first-order valence-corrected chi connectivity index (χ1v) is 14.5. The summed E-state index contributed by atoms with van der Waals surface area (Å²) < 4.78 is 43.1. The Morgan fingerprint density at radius 2 is 1.91 bits per heavy atom. The zero-order chi connectivity index (χ0) is 24.6. The van der Waals surface area contributed by atoms with Gasteiger partial charge in [0.2, 0.25) is 5.91 Å². The third kappa shape index (κ3) is 4.99. The summed E-state index contributed by atoms with van der Waals surface area (Å²) in [6.07, 6.45) is 1.81. The summed E-state index contributed by atoms with van der Waals surface area (Å²) >= 11 is 8.19. The Bertz CT molecular complexity index is 1470. The van der Waals surface area contributed by atoms with Gasteiger partial charge in [0.1, 0.15) is 16.1 Å². The summed E-state index contributed by atoms with van der Waals surface area (Å²) in [5, 5.41) is 0.404. The molecule has 0 bridgehead atoms. The average Bonchev–Trinajstić information content (AvgIpc) is 3.49.